The van der Waals surface area contributed by atoms with Gasteiger partial charge in [-0.3, -0.25) is 0 Å². The van der Waals surface area contributed by atoms with Crippen molar-refractivity contribution in [1.29, 1.82) is 0 Å². The molecule has 8 rings (SSSR count). The molecule has 4 heteroatoms. The van der Waals surface area contributed by atoms with Crippen LogP contribution in [0, 0.1) is 6.92 Å². The van der Waals surface area contributed by atoms with Gasteiger partial charge in [-0.1, -0.05) is 78.9 Å². The first-order chi connectivity index (χ1) is 18.3. The first-order valence-corrected chi connectivity index (χ1v) is 13.6. The lowest BCUT2D eigenvalue weighted by Gasteiger charge is -2.44. The minimum absolute atomic E-state index is 0.0928. The molecule has 0 N–H and O–H groups in total. The van der Waals surface area contributed by atoms with Crippen LogP contribution in [0.15, 0.2) is 121 Å². The zero-order chi connectivity index (χ0) is 24.5. The highest BCUT2D eigenvalue weighted by Gasteiger charge is 2.46. The number of rotatable bonds is 2. The van der Waals surface area contributed by atoms with Gasteiger partial charge in [0, 0.05) is 43.2 Å². The molecule has 0 radical (unpaired) electrons. The Labute approximate surface area is 221 Å². The van der Waals surface area contributed by atoms with Crippen molar-refractivity contribution in [2.24, 2.45) is 0 Å². The smallest absolute Gasteiger partial charge is 0.343 e. The van der Waals surface area contributed by atoms with Crippen molar-refractivity contribution in [1.82, 2.24) is 0 Å². The van der Waals surface area contributed by atoms with E-state index in [1.807, 2.05) is 11.3 Å². The van der Waals surface area contributed by atoms with Gasteiger partial charge in [0.15, 0.2) is 0 Å². The zero-order valence-electron chi connectivity index (χ0n) is 20.4. The highest BCUT2D eigenvalue weighted by atomic mass is 32.1. The molecule has 6 aromatic rings. The van der Waals surface area contributed by atoms with E-state index < -0.39 is 0 Å². The van der Waals surface area contributed by atoms with Gasteiger partial charge in [-0.2, -0.15) is 0 Å². The van der Waals surface area contributed by atoms with Gasteiger partial charge in [-0.25, -0.2) is 0 Å². The normalized spacial score (nSPS) is 13.4. The van der Waals surface area contributed by atoms with Gasteiger partial charge in [0.1, 0.15) is 0 Å². The monoisotopic (exact) mass is 490 g/mol. The molecule has 0 saturated carbocycles. The summed E-state index contributed by atoms with van der Waals surface area (Å²) < 4.78 is 2.72. The number of anilines is 5. The fraction of sp³-hybridized carbons (Fsp3) is 0.0303. The summed E-state index contributed by atoms with van der Waals surface area (Å²) in [4.78, 5) is 5.07. The minimum Gasteiger partial charge on any atom is -0.376 e. The summed E-state index contributed by atoms with van der Waals surface area (Å²) in [6.07, 6.45) is 0. The SMILES string of the molecule is Cc1cc2c3c(c1)N(c1ccccc1)c1c(sc4ccccc14)B3N(c1ccccc1)c1ccccc1-2. The van der Waals surface area contributed by atoms with Crippen LogP contribution in [0.3, 0.4) is 0 Å². The minimum atomic E-state index is 0.0928. The van der Waals surface area contributed by atoms with Gasteiger partial charge >= 0.3 is 6.85 Å². The summed E-state index contributed by atoms with van der Waals surface area (Å²) in [7, 11) is 0. The van der Waals surface area contributed by atoms with E-state index in [4.69, 9.17) is 0 Å². The molecule has 0 bridgehead atoms. The molecule has 0 fully saturated rings. The molecule has 0 aliphatic carbocycles. The van der Waals surface area contributed by atoms with Crippen LogP contribution in [0.2, 0.25) is 0 Å². The Hall–Kier alpha value is -4.28. The van der Waals surface area contributed by atoms with Gasteiger partial charge in [0.05, 0.1) is 5.69 Å². The molecule has 2 aliphatic heterocycles. The summed E-state index contributed by atoms with van der Waals surface area (Å²) in [5.41, 5.74) is 11.6. The van der Waals surface area contributed by atoms with E-state index in [2.05, 4.69) is 138 Å². The van der Waals surface area contributed by atoms with E-state index in [1.165, 1.54) is 65.5 Å². The predicted molar refractivity (Wildman–Crippen MR) is 160 cm³/mol. The topological polar surface area (TPSA) is 6.48 Å². The largest absolute Gasteiger partial charge is 0.376 e. The van der Waals surface area contributed by atoms with Crippen LogP contribution in [-0.4, -0.2) is 6.85 Å². The Bertz CT molecular complexity index is 1810. The Morgan fingerprint density at radius 2 is 1.30 bits per heavy atom. The maximum Gasteiger partial charge on any atom is 0.343 e. The molecule has 2 aliphatic rings. The molecule has 0 spiro atoms. The van der Waals surface area contributed by atoms with Crippen molar-refractivity contribution < 1.29 is 0 Å². The van der Waals surface area contributed by atoms with E-state index >= 15 is 0 Å². The third-order valence-electron chi connectivity index (χ3n) is 7.65. The maximum absolute atomic E-state index is 2.56. The fourth-order valence-electron chi connectivity index (χ4n) is 6.21. The van der Waals surface area contributed by atoms with Gasteiger partial charge in [-0.05, 0) is 66.0 Å². The number of para-hydroxylation sites is 3. The summed E-state index contributed by atoms with van der Waals surface area (Å²) >= 11 is 1.93. The maximum atomic E-state index is 2.56. The Morgan fingerprint density at radius 1 is 0.622 bits per heavy atom. The predicted octanol–water partition coefficient (Wildman–Crippen LogP) is 7.92. The summed E-state index contributed by atoms with van der Waals surface area (Å²) in [5.74, 6) is 0. The highest BCUT2D eigenvalue weighted by molar-refractivity contribution is 7.32. The van der Waals surface area contributed by atoms with E-state index in [0.29, 0.717) is 0 Å². The zero-order valence-corrected chi connectivity index (χ0v) is 21.2. The number of hydrogen-bond acceptors (Lipinski definition) is 3. The van der Waals surface area contributed by atoms with Crippen molar-refractivity contribution in [2.75, 3.05) is 9.71 Å². The number of hydrogen-bond donors (Lipinski definition) is 0. The molecule has 3 heterocycles. The van der Waals surface area contributed by atoms with Crippen LogP contribution >= 0.6 is 11.3 Å². The fourth-order valence-corrected chi connectivity index (χ4v) is 7.50. The molecule has 1 aromatic heterocycles. The molecule has 0 amide bonds. The molecular formula is C33H23BN2S. The second-order valence-electron chi connectivity index (χ2n) is 9.85. The molecular weight excluding hydrogens is 467 g/mol. The summed E-state index contributed by atoms with van der Waals surface area (Å²) in [6.45, 7) is 2.32. The number of aryl methyl sites for hydroxylation is 1. The number of fused-ring (bicyclic) bond motifs is 6. The van der Waals surface area contributed by atoms with Crippen molar-refractivity contribution in [3.63, 3.8) is 0 Å². The van der Waals surface area contributed by atoms with E-state index in [9.17, 15) is 0 Å². The molecule has 0 unspecified atom stereocenters. The highest BCUT2D eigenvalue weighted by Crippen LogP contribution is 2.49. The lowest BCUT2D eigenvalue weighted by Crippen LogP contribution is -2.60. The summed E-state index contributed by atoms with van der Waals surface area (Å²) in [6, 6.07) is 44.3. The number of nitrogens with zero attached hydrogens (tertiary/aromatic N) is 2. The molecule has 37 heavy (non-hydrogen) atoms. The first kappa shape index (κ1) is 20.9. The quantitative estimate of drug-likeness (QED) is 0.228. The summed E-state index contributed by atoms with van der Waals surface area (Å²) in [5, 5.41) is 1.31. The van der Waals surface area contributed by atoms with Crippen LogP contribution in [0.5, 0.6) is 0 Å². The molecule has 0 atom stereocenters. The lowest BCUT2D eigenvalue weighted by atomic mass is 9.46. The van der Waals surface area contributed by atoms with Crippen LogP contribution in [0.25, 0.3) is 21.2 Å². The van der Waals surface area contributed by atoms with Crippen LogP contribution in [-0.2, 0) is 0 Å². The van der Waals surface area contributed by atoms with E-state index in [0.717, 1.165) is 0 Å². The standard InChI is InChI=1S/C33H23BN2S/c1-22-20-27-25-16-8-10-18-28(25)36(24-14-6-3-7-15-24)34-31(27)29(21-22)35(23-12-4-2-5-13-23)32-26-17-9-11-19-30(26)37-33(32)34/h2-21H,1H3. The van der Waals surface area contributed by atoms with Crippen LogP contribution in [0.1, 0.15) is 5.56 Å². The molecule has 2 nitrogen and oxygen atoms in total. The molecule has 5 aromatic carbocycles. The third kappa shape index (κ3) is 2.94. The Kier molecular flexibility index (Phi) is 4.43. The van der Waals surface area contributed by atoms with Gasteiger partial charge in [-0.15, -0.1) is 11.3 Å². The van der Waals surface area contributed by atoms with Crippen molar-refractivity contribution in [3.05, 3.63) is 127 Å². The van der Waals surface area contributed by atoms with Gasteiger partial charge in [0.2, 0.25) is 0 Å². The van der Waals surface area contributed by atoms with E-state index in [1.54, 1.807) is 0 Å². The third-order valence-corrected chi connectivity index (χ3v) is 8.86. The van der Waals surface area contributed by atoms with Crippen LogP contribution < -0.4 is 20.0 Å². The van der Waals surface area contributed by atoms with Gasteiger partial charge < -0.3 is 9.71 Å². The Balaban J connectivity index is 1.55. The second-order valence-corrected chi connectivity index (χ2v) is 10.9. The number of benzene rings is 5. The van der Waals surface area contributed by atoms with Crippen molar-refractivity contribution >= 4 is 66.9 Å². The average Bonchev–Trinajstić information content (AvgIpc) is 3.33. The van der Waals surface area contributed by atoms with Crippen molar-refractivity contribution in [2.45, 2.75) is 6.92 Å². The van der Waals surface area contributed by atoms with Gasteiger partial charge in [0.25, 0.3) is 0 Å². The molecule has 174 valence electrons. The Morgan fingerprint density at radius 3 is 2.11 bits per heavy atom. The first-order valence-electron chi connectivity index (χ1n) is 12.7. The average molecular weight is 490 g/mol. The van der Waals surface area contributed by atoms with Crippen LogP contribution in [0.4, 0.5) is 28.4 Å². The second kappa shape index (κ2) is 7.86. The lowest BCUT2D eigenvalue weighted by molar-refractivity contribution is 1.28. The molecule has 0 saturated heterocycles. The number of thiophene rings is 1. The van der Waals surface area contributed by atoms with Crippen molar-refractivity contribution in [3.8, 4) is 11.1 Å². The van der Waals surface area contributed by atoms with E-state index in [-0.39, 0.29) is 6.85 Å².